The number of nitrogen functional groups attached to an aromatic ring is 1. The zero-order valence-corrected chi connectivity index (χ0v) is 8.76. The van der Waals surface area contributed by atoms with Gasteiger partial charge in [-0.3, -0.25) is 0 Å². The van der Waals surface area contributed by atoms with E-state index in [4.69, 9.17) is 28.9 Å². The van der Waals surface area contributed by atoms with Crippen LogP contribution < -0.4 is 5.73 Å². The Hall–Kier alpha value is -0.840. The molecule has 1 aromatic heterocycles. The van der Waals surface area contributed by atoms with Crippen LogP contribution in [0.15, 0.2) is 12.7 Å². The molecular formula is C8H9Cl2N3O. The standard InChI is InChI=1S/C8H9Cl2N3O/c1-2-3-4(14)5-8(11)13-7(10)6(9)12-5/h2,4,14H,1,3H2,(H2,11,13). The van der Waals surface area contributed by atoms with E-state index in [1.807, 2.05) is 0 Å². The van der Waals surface area contributed by atoms with Crippen LogP contribution in [0.4, 0.5) is 5.82 Å². The third-order valence-electron chi connectivity index (χ3n) is 1.58. The molecule has 0 saturated heterocycles. The fourth-order valence-electron chi connectivity index (χ4n) is 0.933. The average Bonchev–Trinajstić information content (AvgIpc) is 2.11. The van der Waals surface area contributed by atoms with Crippen LogP contribution in [0.5, 0.6) is 0 Å². The van der Waals surface area contributed by atoms with E-state index >= 15 is 0 Å². The molecule has 0 aliphatic rings. The van der Waals surface area contributed by atoms with Crippen LogP contribution in [0.25, 0.3) is 0 Å². The number of aromatic nitrogens is 2. The van der Waals surface area contributed by atoms with Crippen molar-refractivity contribution in [1.82, 2.24) is 9.97 Å². The number of nitrogens with two attached hydrogens (primary N) is 1. The van der Waals surface area contributed by atoms with Crippen molar-refractivity contribution in [3.8, 4) is 0 Å². The second kappa shape index (κ2) is 4.59. The first-order chi connectivity index (χ1) is 6.56. The number of hydrogen-bond acceptors (Lipinski definition) is 4. The van der Waals surface area contributed by atoms with Gasteiger partial charge in [-0.05, 0) is 6.42 Å². The number of anilines is 1. The van der Waals surface area contributed by atoms with Crippen molar-refractivity contribution in [1.29, 1.82) is 0 Å². The summed E-state index contributed by atoms with van der Waals surface area (Å²) in [5.41, 5.74) is 5.73. The zero-order chi connectivity index (χ0) is 10.7. The highest BCUT2D eigenvalue weighted by atomic mass is 35.5. The van der Waals surface area contributed by atoms with Crippen molar-refractivity contribution in [3.63, 3.8) is 0 Å². The van der Waals surface area contributed by atoms with E-state index < -0.39 is 6.10 Å². The summed E-state index contributed by atoms with van der Waals surface area (Å²) in [6, 6.07) is 0. The van der Waals surface area contributed by atoms with Gasteiger partial charge in [0.1, 0.15) is 17.6 Å². The first-order valence-electron chi connectivity index (χ1n) is 3.83. The molecule has 0 bridgehead atoms. The lowest BCUT2D eigenvalue weighted by Crippen LogP contribution is -2.07. The van der Waals surface area contributed by atoms with Crippen LogP contribution in [0.1, 0.15) is 18.2 Å². The Morgan fingerprint density at radius 1 is 1.43 bits per heavy atom. The maximum Gasteiger partial charge on any atom is 0.168 e. The summed E-state index contributed by atoms with van der Waals surface area (Å²) in [6.45, 7) is 3.49. The normalized spacial score (nSPS) is 12.5. The topological polar surface area (TPSA) is 72.0 Å². The quantitative estimate of drug-likeness (QED) is 0.784. The van der Waals surface area contributed by atoms with Gasteiger partial charge >= 0.3 is 0 Å². The Morgan fingerprint density at radius 3 is 2.57 bits per heavy atom. The Labute approximate surface area is 91.4 Å². The van der Waals surface area contributed by atoms with Gasteiger partial charge in [-0.1, -0.05) is 29.3 Å². The van der Waals surface area contributed by atoms with E-state index in [1.54, 1.807) is 6.08 Å². The highest BCUT2D eigenvalue weighted by molar-refractivity contribution is 6.40. The van der Waals surface area contributed by atoms with E-state index in [0.29, 0.717) is 6.42 Å². The van der Waals surface area contributed by atoms with Gasteiger partial charge < -0.3 is 10.8 Å². The van der Waals surface area contributed by atoms with Gasteiger partial charge in [0.05, 0.1) is 0 Å². The molecule has 0 spiro atoms. The van der Waals surface area contributed by atoms with E-state index in [9.17, 15) is 5.11 Å². The molecule has 1 unspecified atom stereocenters. The molecule has 0 saturated carbocycles. The zero-order valence-electron chi connectivity index (χ0n) is 7.24. The largest absolute Gasteiger partial charge is 0.386 e. The number of rotatable bonds is 3. The first-order valence-corrected chi connectivity index (χ1v) is 4.59. The van der Waals surface area contributed by atoms with E-state index in [1.165, 1.54) is 0 Å². The summed E-state index contributed by atoms with van der Waals surface area (Å²) < 4.78 is 0. The molecule has 1 aromatic rings. The number of aliphatic hydroxyl groups is 1. The number of aliphatic hydroxyl groups excluding tert-OH is 1. The highest BCUT2D eigenvalue weighted by Crippen LogP contribution is 2.25. The van der Waals surface area contributed by atoms with Gasteiger partial charge in [-0.15, -0.1) is 6.58 Å². The van der Waals surface area contributed by atoms with Crippen LogP contribution in [0.2, 0.25) is 10.3 Å². The maximum atomic E-state index is 9.56. The van der Waals surface area contributed by atoms with Crippen molar-refractivity contribution >= 4 is 29.0 Å². The fourth-order valence-corrected chi connectivity index (χ4v) is 1.20. The van der Waals surface area contributed by atoms with Crippen molar-refractivity contribution in [2.24, 2.45) is 0 Å². The molecule has 0 amide bonds. The van der Waals surface area contributed by atoms with Crippen molar-refractivity contribution in [2.75, 3.05) is 5.73 Å². The van der Waals surface area contributed by atoms with Crippen LogP contribution in [0.3, 0.4) is 0 Å². The minimum absolute atomic E-state index is 0.0266. The Morgan fingerprint density at radius 2 is 2.00 bits per heavy atom. The molecular weight excluding hydrogens is 225 g/mol. The van der Waals surface area contributed by atoms with Gasteiger partial charge in [0.25, 0.3) is 0 Å². The Kier molecular flexibility index (Phi) is 3.69. The molecule has 6 heteroatoms. The van der Waals surface area contributed by atoms with Crippen molar-refractivity contribution in [3.05, 3.63) is 28.7 Å². The molecule has 1 atom stereocenters. The smallest absolute Gasteiger partial charge is 0.168 e. The third kappa shape index (κ3) is 2.35. The lowest BCUT2D eigenvalue weighted by atomic mass is 10.2. The Balaban J connectivity index is 3.08. The van der Waals surface area contributed by atoms with Gasteiger partial charge in [0.2, 0.25) is 0 Å². The molecule has 76 valence electrons. The maximum absolute atomic E-state index is 9.56. The lowest BCUT2D eigenvalue weighted by molar-refractivity contribution is 0.177. The summed E-state index contributed by atoms with van der Waals surface area (Å²) in [4.78, 5) is 7.57. The van der Waals surface area contributed by atoms with Crippen LogP contribution in [0, 0.1) is 0 Å². The molecule has 1 heterocycles. The Bertz CT molecular complexity index is 357. The average molecular weight is 234 g/mol. The van der Waals surface area contributed by atoms with E-state index in [-0.39, 0.29) is 21.8 Å². The number of halogens is 2. The highest BCUT2D eigenvalue weighted by Gasteiger charge is 2.15. The van der Waals surface area contributed by atoms with E-state index in [0.717, 1.165) is 0 Å². The van der Waals surface area contributed by atoms with Crippen molar-refractivity contribution in [2.45, 2.75) is 12.5 Å². The number of nitrogens with zero attached hydrogens (tertiary/aromatic N) is 2. The predicted molar refractivity (Wildman–Crippen MR) is 56.2 cm³/mol. The summed E-state index contributed by atoms with van der Waals surface area (Å²) in [7, 11) is 0. The van der Waals surface area contributed by atoms with Crippen LogP contribution in [-0.2, 0) is 0 Å². The van der Waals surface area contributed by atoms with Gasteiger partial charge in [-0.25, -0.2) is 9.97 Å². The molecule has 0 aliphatic heterocycles. The molecule has 4 nitrogen and oxygen atoms in total. The fraction of sp³-hybridized carbons (Fsp3) is 0.250. The van der Waals surface area contributed by atoms with E-state index in [2.05, 4.69) is 16.5 Å². The summed E-state index contributed by atoms with van der Waals surface area (Å²) >= 11 is 11.2. The SMILES string of the molecule is C=CCC(O)c1nc(Cl)c(Cl)nc1N. The minimum atomic E-state index is -0.852. The molecule has 0 radical (unpaired) electrons. The molecule has 1 rings (SSSR count). The molecule has 3 N–H and O–H groups in total. The first kappa shape index (κ1) is 11.2. The van der Waals surface area contributed by atoms with Crippen LogP contribution in [-0.4, -0.2) is 15.1 Å². The predicted octanol–water partition coefficient (Wildman–Crippen LogP) is 1.98. The lowest BCUT2D eigenvalue weighted by Gasteiger charge is -2.10. The summed E-state index contributed by atoms with van der Waals surface area (Å²) in [5.74, 6) is 0.0775. The van der Waals surface area contributed by atoms with Gasteiger partial charge in [0.15, 0.2) is 10.3 Å². The van der Waals surface area contributed by atoms with Gasteiger partial charge in [-0.2, -0.15) is 0 Å². The molecule has 0 fully saturated rings. The van der Waals surface area contributed by atoms with Crippen molar-refractivity contribution < 1.29 is 5.11 Å². The molecule has 0 aliphatic carbocycles. The third-order valence-corrected chi connectivity index (χ3v) is 2.20. The van der Waals surface area contributed by atoms with Crippen LogP contribution >= 0.6 is 23.2 Å². The summed E-state index contributed by atoms with van der Waals surface area (Å²) in [5, 5.41) is 9.61. The summed E-state index contributed by atoms with van der Waals surface area (Å²) in [6.07, 6.45) is 1.03. The second-order valence-electron chi connectivity index (χ2n) is 2.62. The second-order valence-corrected chi connectivity index (χ2v) is 3.33. The molecule has 14 heavy (non-hydrogen) atoms. The number of hydrogen-bond donors (Lipinski definition) is 2. The molecule has 0 aromatic carbocycles. The monoisotopic (exact) mass is 233 g/mol. The minimum Gasteiger partial charge on any atom is -0.386 e. The van der Waals surface area contributed by atoms with Gasteiger partial charge in [0, 0.05) is 0 Å².